The Bertz CT molecular complexity index is 564. The number of amides is 2. The van der Waals surface area contributed by atoms with Gasteiger partial charge >= 0.3 is 12.1 Å². The van der Waals surface area contributed by atoms with E-state index in [4.69, 9.17) is 4.74 Å². The topological polar surface area (TPSA) is 81.7 Å². The van der Waals surface area contributed by atoms with Crippen LogP contribution in [0.2, 0.25) is 0 Å². The first-order valence-corrected chi connectivity index (χ1v) is 8.21. The van der Waals surface area contributed by atoms with Crippen molar-refractivity contribution in [3.8, 4) is 0 Å². The average Bonchev–Trinajstić information content (AvgIpc) is 2.44. The highest BCUT2D eigenvalue weighted by molar-refractivity contribution is 9.10. The molecule has 1 aromatic rings. The van der Waals surface area contributed by atoms with Gasteiger partial charge in [-0.1, -0.05) is 15.9 Å². The standard InChI is InChI=1S/C14H16BrNO5S/c1-3-20-14(19)16-12(17)7-21-13(18)8-22-11-5-4-10(15)6-9(11)2/h4-6H,3,7-8H2,1-2H3,(H,16,17,19). The van der Waals surface area contributed by atoms with E-state index in [0.717, 1.165) is 14.9 Å². The van der Waals surface area contributed by atoms with Crippen LogP contribution in [-0.4, -0.2) is 36.9 Å². The Labute approximate surface area is 141 Å². The number of ether oxygens (including phenoxy) is 2. The van der Waals surface area contributed by atoms with E-state index in [1.165, 1.54) is 11.8 Å². The van der Waals surface area contributed by atoms with Crippen molar-refractivity contribution in [2.75, 3.05) is 19.0 Å². The lowest BCUT2D eigenvalue weighted by Gasteiger charge is -2.07. The van der Waals surface area contributed by atoms with Gasteiger partial charge in [0, 0.05) is 9.37 Å². The van der Waals surface area contributed by atoms with E-state index in [-0.39, 0.29) is 12.4 Å². The van der Waals surface area contributed by atoms with Gasteiger partial charge in [-0.05, 0) is 37.6 Å². The molecule has 0 spiro atoms. The average molecular weight is 390 g/mol. The van der Waals surface area contributed by atoms with Crippen molar-refractivity contribution in [3.05, 3.63) is 28.2 Å². The molecule has 0 heterocycles. The van der Waals surface area contributed by atoms with E-state index in [0.29, 0.717) is 0 Å². The lowest BCUT2D eigenvalue weighted by atomic mass is 10.2. The van der Waals surface area contributed by atoms with Crippen LogP contribution < -0.4 is 5.32 Å². The highest BCUT2D eigenvalue weighted by Gasteiger charge is 2.12. The Hall–Kier alpha value is -1.54. The van der Waals surface area contributed by atoms with Gasteiger partial charge in [-0.2, -0.15) is 0 Å². The lowest BCUT2D eigenvalue weighted by Crippen LogP contribution is -2.34. The van der Waals surface area contributed by atoms with Crippen LogP contribution in [0.15, 0.2) is 27.6 Å². The Morgan fingerprint density at radius 2 is 2.00 bits per heavy atom. The Morgan fingerprint density at radius 3 is 2.64 bits per heavy atom. The molecule has 0 aromatic heterocycles. The molecule has 0 aliphatic rings. The first-order chi connectivity index (χ1) is 10.4. The van der Waals surface area contributed by atoms with Crippen molar-refractivity contribution in [2.24, 2.45) is 0 Å². The summed E-state index contributed by atoms with van der Waals surface area (Å²) in [6, 6.07) is 5.72. The largest absolute Gasteiger partial charge is 0.455 e. The van der Waals surface area contributed by atoms with E-state index in [2.05, 4.69) is 20.7 Å². The van der Waals surface area contributed by atoms with Crippen LogP contribution in [-0.2, 0) is 19.1 Å². The summed E-state index contributed by atoms with van der Waals surface area (Å²) in [4.78, 5) is 34.8. The van der Waals surface area contributed by atoms with Gasteiger partial charge < -0.3 is 9.47 Å². The zero-order valence-electron chi connectivity index (χ0n) is 12.2. The SMILES string of the molecule is CCOC(=O)NC(=O)COC(=O)CSc1ccc(Br)cc1C. The highest BCUT2D eigenvalue weighted by Crippen LogP contribution is 2.25. The normalized spacial score (nSPS) is 9.95. The van der Waals surface area contributed by atoms with Crippen LogP contribution in [0.5, 0.6) is 0 Å². The summed E-state index contributed by atoms with van der Waals surface area (Å²) in [6.45, 7) is 3.19. The molecular formula is C14H16BrNO5S. The van der Waals surface area contributed by atoms with Crippen molar-refractivity contribution < 1.29 is 23.9 Å². The molecule has 0 atom stereocenters. The van der Waals surface area contributed by atoms with Crippen LogP contribution in [0.1, 0.15) is 12.5 Å². The summed E-state index contributed by atoms with van der Waals surface area (Å²) in [6.07, 6.45) is -0.858. The summed E-state index contributed by atoms with van der Waals surface area (Å²) in [7, 11) is 0. The molecule has 0 unspecified atom stereocenters. The predicted molar refractivity (Wildman–Crippen MR) is 85.7 cm³/mol. The summed E-state index contributed by atoms with van der Waals surface area (Å²) >= 11 is 4.68. The Morgan fingerprint density at radius 1 is 1.27 bits per heavy atom. The molecule has 0 radical (unpaired) electrons. The van der Waals surface area contributed by atoms with Crippen LogP contribution >= 0.6 is 27.7 Å². The molecule has 0 fully saturated rings. The molecule has 0 aliphatic heterocycles. The zero-order valence-corrected chi connectivity index (χ0v) is 14.6. The Kier molecular flexibility index (Phi) is 7.97. The van der Waals surface area contributed by atoms with Crippen LogP contribution in [0, 0.1) is 6.92 Å². The molecule has 1 aromatic carbocycles. The van der Waals surface area contributed by atoms with Crippen LogP contribution in [0.3, 0.4) is 0 Å². The van der Waals surface area contributed by atoms with Crippen molar-refractivity contribution >= 4 is 45.7 Å². The highest BCUT2D eigenvalue weighted by atomic mass is 79.9. The first-order valence-electron chi connectivity index (χ1n) is 6.43. The summed E-state index contributed by atoms with van der Waals surface area (Å²) in [5, 5.41) is 1.94. The maximum absolute atomic E-state index is 11.6. The van der Waals surface area contributed by atoms with Crippen LogP contribution in [0.4, 0.5) is 4.79 Å². The summed E-state index contributed by atoms with van der Waals surface area (Å²) < 4.78 is 10.3. The number of benzene rings is 1. The summed E-state index contributed by atoms with van der Waals surface area (Å²) in [5.74, 6) is -1.18. The zero-order chi connectivity index (χ0) is 16.5. The van der Waals surface area contributed by atoms with Crippen molar-refractivity contribution in [1.29, 1.82) is 0 Å². The van der Waals surface area contributed by atoms with E-state index in [1.54, 1.807) is 6.92 Å². The fraction of sp³-hybridized carbons (Fsp3) is 0.357. The minimum atomic E-state index is -0.858. The second-order valence-corrected chi connectivity index (χ2v) is 6.06. The number of aryl methyl sites for hydroxylation is 1. The third kappa shape index (κ3) is 6.95. The fourth-order valence-corrected chi connectivity index (χ4v) is 2.70. The monoisotopic (exact) mass is 389 g/mol. The number of thioether (sulfide) groups is 1. The van der Waals surface area contributed by atoms with Gasteiger partial charge in [-0.25, -0.2) is 4.79 Å². The maximum atomic E-state index is 11.6. The van der Waals surface area contributed by atoms with Gasteiger partial charge in [-0.3, -0.25) is 14.9 Å². The van der Waals surface area contributed by atoms with Gasteiger partial charge in [0.1, 0.15) is 0 Å². The number of halogens is 1. The van der Waals surface area contributed by atoms with Crippen molar-refractivity contribution in [1.82, 2.24) is 5.32 Å². The van der Waals surface area contributed by atoms with Gasteiger partial charge in [0.2, 0.25) is 0 Å². The molecule has 0 aliphatic carbocycles. The van der Waals surface area contributed by atoms with Gasteiger partial charge in [0.15, 0.2) is 6.61 Å². The molecule has 0 saturated heterocycles. The fourth-order valence-electron chi connectivity index (χ4n) is 1.42. The molecule has 22 heavy (non-hydrogen) atoms. The molecule has 8 heteroatoms. The van der Waals surface area contributed by atoms with Gasteiger partial charge in [0.05, 0.1) is 12.4 Å². The predicted octanol–water partition coefficient (Wildman–Crippen LogP) is 2.67. The number of hydrogen-bond acceptors (Lipinski definition) is 6. The number of hydrogen-bond donors (Lipinski definition) is 1. The number of alkyl carbamates (subject to hydrolysis) is 1. The van der Waals surface area contributed by atoms with Gasteiger partial charge in [-0.15, -0.1) is 11.8 Å². The number of carbonyl (C=O) groups excluding carboxylic acids is 3. The second kappa shape index (κ2) is 9.47. The number of carbonyl (C=O) groups is 3. The van der Waals surface area contributed by atoms with Gasteiger partial charge in [0.25, 0.3) is 5.91 Å². The second-order valence-electron chi connectivity index (χ2n) is 4.13. The third-order valence-corrected chi connectivity index (χ3v) is 4.01. The van der Waals surface area contributed by atoms with E-state index < -0.39 is 24.6 Å². The molecule has 2 amide bonds. The van der Waals surface area contributed by atoms with Crippen molar-refractivity contribution in [3.63, 3.8) is 0 Å². The first kappa shape index (κ1) is 18.5. The van der Waals surface area contributed by atoms with Crippen molar-refractivity contribution in [2.45, 2.75) is 18.7 Å². The van der Waals surface area contributed by atoms with E-state index >= 15 is 0 Å². The molecule has 120 valence electrons. The lowest BCUT2D eigenvalue weighted by molar-refractivity contribution is -0.145. The maximum Gasteiger partial charge on any atom is 0.413 e. The molecule has 6 nitrogen and oxygen atoms in total. The molecule has 0 bridgehead atoms. The minimum Gasteiger partial charge on any atom is -0.455 e. The van der Waals surface area contributed by atoms with E-state index in [9.17, 15) is 14.4 Å². The number of rotatable bonds is 6. The molecular weight excluding hydrogens is 374 g/mol. The quantitative estimate of drug-likeness (QED) is 0.594. The number of imide groups is 1. The van der Waals surface area contributed by atoms with E-state index in [1.807, 2.05) is 30.4 Å². The molecule has 0 saturated carbocycles. The van der Waals surface area contributed by atoms with Crippen LogP contribution in [0.25, 0.3) is 0 Å². The number of esters is 1. The Balaban J connectivity index is 2.31. The summed E-state index contributed by atoms with van der Waals surface area (Å²) in [5.41, 5.74) is 1.03. The molecule has 1 rings (SSSR count). The smallest absolute Gasteiger partial charge is 0.413 e. The number of nitrogens with one attached hydrogen (secondary N) is 1. The third-order valence-electron chi connectivity index (χ3n) is 2.36. The molecule has 1 N–H and O–H groups in total. The minimum absolute atomic E-state index is 0.0785.